The summed E-state index contributed by atoms with van der Waals surface area (Å²) in [6, 6.07) is 12.2. The van der Waals surface area contributed by atoms with Gasteiger partial charge in [-0.1, -0.05) is 25.5 Å². The zero-order valence-corrected chi connectivity index (χ0v) is 22.7. The number of hydrogen-bond acceptors (Lipinski definition) is 8. The molecular weight excluding hydrogens is 538 g/mol. The van der Waals surface area contributed by atoms with E-state index < -0.39 is 23.6 Å². The maximum Gasteiger partial charge on any atom is 0.426 e. The van der Waals surface area contributed by atoms with E-state index >= 15 is 0 Å². The van der Waals surface area contributed by atoms with Crippen LogP contribution < -0.4 is 25.7 Å². The minimum absolute atomic E-state index is 0.0606. The van der Waals surface area contributed by atoms with Crippen LogP contribution in [-0.4, -0.2) is 37.4 Å². The number of carboxylic acid groups (broad SMARTS) is 1. The molecule has 0 atom stereocenters. The smallest absolute Gasteiger partial charge is 0.426 e. The summed E-state index contributed by atoms with van der Waals surface area (Å²) in [6.45, 7) is 2.35. The molecule has 0 aliphatic carbocycles. The fourth-order valence-electron chi connectivity index (χ4n) is 3.80. The molecule has 3 rings (SSSR count). The highest BCUT2D eigenvalue weighted by molar-refractivity contribution is 5.92. The number of alkyl halides is 2. The number of carbonyl (C=O) groups is 2. The average molecular weight is 571 g/mol. The first-order valence-electron chi connectivity index (χ1n) is 12.8. The lowest BCUT2D eigenvalue weighted by atomic mass is 10.0. The van der Waals surface area contributed by atoms with Crippen molar-refractivity contribution >= 4 is 29.4 Å². The van der Waals surface area contributed by atoms with E-state index in [1.807, 2.05) is 6.92 Å². The van der Waals surface area contributed by atoms with Crippen LogP contribution in [0.5, 0.6) is 17.2 Å². The molecule has 0 aromatic heterocycles. The molecule has 0 aliphatic heterocycles. The number of halogens is 2. The second-order valence-electron chi connectivity index (χ2n) is 8.95. The average Bonchev–Trinajstić information content (AvgIpc) is 2.93. The van der Waals surface area contributed by atoms with E-state index in [0.717, 1.165) is 18.9 Å². The number of nitrogens with two attached hydrogens (primary N) is 2. The number of anilines is 2. The third kappa shape index (κ3) is 8.59. The molecule has 0 fully saturated rings. The van der Waals surface area contributed by atoms with E-state index in [-0.39, 0.29) is 41.5 Å². The Hall–Kier alpha value is -4.80. The molecule has 0 bridgehead atoms. The number of esters is 1. The molecule has 41 heavy (non-hydrogen) atoms. The highest BCUT2D eigenvalue weighted by Crippen LogP contribution is 2.37. The number of nitrogen functional groups attached to an aromatic ring is 2. The lowest BCUT2D eigenvalue weighted by Crippen LogP contribution is -2.22. The van der Waals surface area contributed by atoms with Gasteiger partial charge in [0.1, 0.15) is 5.75 Å². The van der Waals surface area contributed by atoms with Gasteiger partial charge in [0, 0.05) is 23.9 Å². The molecule has 0 saturated carbocycles. The van der Waals surface area contributed by atoms with Gasteiger partial charge in [0.25, 0.3) is 0 Å². The Kier molecular flexibility index (Phi) is 10.5. The summed E-state index contributed by atoms with van der Waals surface area (Å²) in [5, 5.41) is 9.35. The van der Waals surface area contributed by atoms with Gasteiger partial charge in [-0.3, -0.25) is 0 Å². The number of ether oxygens (including phenoxy) is 4. The lowest BCUT2D eigenvalue weighted by molar-refractivity contribution is -0.185. The third-order valence-electron chi connectivity index (χ3n) is 5.93. The van der Waals surface area contributed by atoms with Crippen molar-refractivity contribution < 1.29 is 42.4 Å². The number of unbranched alkanes of at least 4 members (excludes halogenated alkanes) is 1. The number of methoxy groups -OCH3 is 1. The zero-order chi connectivity index (χ0) is 30.0. The first-order chi connectivity index (χ1) is 19.5. The molecule has 9 nitrogen and oxygen atoms in total. The van der Waals surface area contributed by atoms with Crippen molar-refractivity contribution in [2.24, 2.45) is 0 Å². The highest BCUT2D eigenvalue weighted by atomic mass is 19.3. The predicted molar refractivity (Wildman–Crippen MR) is 150 cm³/mol. The van der Waals surface area contributed by atoms with Crippen molar-refractivity contribution in [2.75, 3.05) is 31.8 Å². The van der Waals surface area contributed by atoms with Gasteiger partial charge in [-0.2, -0.15) is 8.78 Å². The molecule has 0 aliphatic rings. The van der Waals surface area contributed by atoms with Gasteiger partial charge < -0.3 is 35.5 Å². The third-order valence-corrected chi connectivity index (χ3v) is 5.93. The maximum absolute atomic E-state index is 14.9. The molecule has 0 saturated heterocycles. The van der Waals surface area contributed by atoms with Crippen LogP contribution in [0.4, 0.5) is 20.2 Å². The van der Waals surface area contributed by atoms with Gasteiger partial charge in [0.15, 0.2) is 11.5 Å². The van der Waals surface area contributed by atoms with Crippen LogP contribution in [0.15, 0.2) is 60.7 Å². The number of carboxylic acids is 1. The molecule has 11 heteroatoms. The fourth-order valence-corrected chi connectivity index (χ4v) is 3.80. The number of carbonyl (C=O) groups excluding carboxylic acids is 1. The molecule has 3 aromatic rings. The Labute approximate surface area is 236 Å². The molecule has 0 unspecified atom stereocenters. The van der Waals surface area contributed by atoms with E-state index in [1.54, 1.807) is 0 Å². The summed E-state index contributed by atoms with van der Waals surface area (Å²) in [6.07, 6.45) is 0.784. The summed E-state index contributed by atoms with van der Waals surface area (Å²) in [4.78, 5) is 23.6. The summed E-state index contributed by atoms with van der Waals surface area (Å²) in [5.74, 6) is -1.42. The number of hydrogen-bond donors (Lipinski definition) is 3. The Morgan fingerprint density at radius 1 is 1.00 bits per heavy atom. The van der Waals surface area contributed by atoms with Crippen LogP contribution in [0.3, 0.4) is 0 Å². The first-order valence-corrected chi connectivity index (χ1v) is 12.8. The van der Waals surface area contributed by atoms with Gasteiger partial charge in [-0.25, -0.2) is 9.59 Å². The Morgan fingerprint density at radius 2 is 1.73 bits per heavy atom. The second kappa shape index (κ2) is 14.0. The maximum atomic E-state index is 14.9. The van der Waals surface area contributed by atoms with Crippen LogP contribution in [0.2, 0.25) is 0 Å². The SMILES string of the molecule is CCCCOc1ccc(C(F)(F)Oc2ccc(C=CC(=O)OCCc3c(N)cc(N)cc3C(=O)O)cc2)cc1OC. The predicted octanol–water partition coefficient (Wildman–Crippen LogP) is 5.66. The summed E-state index contributed by atoms with van der Waals surface area (Å²) >= 11 is 0. The van der Waals surface area contributed by atoms with Gasteiger partial charge in [0.05, 0.1) is 31.5 Å². The molecule has 3 aromatic carbocycles. The van der Waals surface area contributed by atoms with Crippen LogP contribution in [0.1, 0.15) is 46.8 Å². The quantitative estimate of drug-likeness (QED) is 0.0967. The van der Waals surface area contributed by atoms with Gasteiger partial charge in [-0.15, -0.1) is 0 Å². The standard InChI is InChI=1S/C30H32F2N2O7/c1-3-4-14-39-26-11-8-20(16-27(26)38-2)30(31,32)41-22-9-5-19(6-10-22)7-12-28(35)40-15-13-23-24(29(36)37)17-21(33)18-25(23)34/h5-12,16-18H,3-4,13-15,33-34H2,1-2H3,(H,36,37). The number of aromatic carboxylic acids is 1. The van der Waals surface area contributed by atoms with Crippen molar-refractivity contribution in [3.8, 4) is 17.2 Å². The Balaban J connectivity index is 1.57. The number of benzene rings is 3. The molecule has 0 radical (unpaired) electrons. The zero-order valence-electron chi connectivity index (χ0n) is 22.7. The van der Waals surface area contributed by atoms with Crippen LogP contribution in [0, 0.1) is 0 Å². The molecule has 218 valence electrons. The summed E-state index contributed by atoms with van der Waals surface area (Å²) < 4.78 is 50.6. The molecular formula is C30H32F2N2O7. The first kappa shape index (κ1) is 30.7. The van der Waals surface area contributed by atoms with Crippen molar-refractivity contribution in [3.05, 3.63) is 82.9 Å². The van der Waals surface area contributed by atoms with Gasteiger partial charge in [-0.05, 0) is 66.1 Å². The molecule has 5 N–H and O–H groups in total. The van der Waals surface area contributed by atoms with Crippen molar-refractivity contribution in [1.82, 2.24) is 0 Å². The van der Waals surface area contributed by atoms with Crippen LogP contribution in [-0.2, 0) is 22.1 Å². The van der Waals surface area contributed by atoms with Crippen LogP contribution in [0.25, 0.3) is 6.08 Å². The van der Waals surface area contributed by atoms with E-state index in [1.165, 1.54) is 67.8 Å². The van der Waals surface area contributed by atoms with Gasteiger partial charge >= 0.3 is 18.0 Å². The normalized spacial score (nSPS) is 11.3. The second-order valence-corrected chi connectivity index (χ2v) is 8.95. The minimum Gasteiger partial charge on any atom is -0.493 e. The Bertz CT molecular complexity index is 1390. The van der Waals surface area contributed by atoms with Crippen molar-refractivity contribution in [1.29, 1.82) is 0 Å². The largest absolute Gasteiger partial charge is 0.493 e. The lowest BCUT2D eigenvalue weighted by Gasteiger charge is -2.20. The Morgan fingerprint density at radius 3 is 2.39 bits per heavy atom. The fraction of sp³-hybridized carbons (Fsp3) is 0.267. The highest BCUT2D eigenvalue weighted by Gasteiger charge is 2.35. The van der Waals surface area contributed by atoms with Crippen LogP contribution >= 0.6 is 0 Å². The monoisotopic (exact) mass is 570 g/mol. The van der Waals surface area contributed by atoms with E-state index in [4.69, 9.17) is 30.4 Å². The summed E-state index contributed by atoms with van der Waals surface area (Å²) in [5.41, 5.74) is 12.3. The topological polar surface area (TPSA) is 143 Å². The summed E-state index contributed by atoms with van der Waals surface area (Å²) in [7, 11) is 1.37. The van der Waals surface area contributed by atoms with E-state index in [0.29, 0.717) is 23.5 Å². The van der Waals surface area contributed by atoms with E-state index in [2.05, 4.69) is 0 Å². The molecule has 0 amide bonds. The molecule has 0 heterocycles. The van der Waals surface area contributed by atoms with E-state index in [9.17, 15) is 23.5 Å². The molecule has 0 spiro atoms. The minimum atomic E-state index is -3.65. The van der Waals surface area contributed by atoms with Gasteiger partial charge in [0.2, 0.25) is 0 Å². The number of rotatable bonds is 14. The van der Waals surface area contributed by atoms with Crippen molar-refractivity contribution in [3.63, 3.8) is 0 Å². The van der Waals surface area contributed by atoms with Crippen molar-refractivity contribution in [2.45, 2.75) is 32.3 Å².